The second-order valence-corrected chi connectivity index (χ2v) is 4.84. The number of ketones is 1. The molecule has 2 rings (SSSR count). The van der Waals surface area contributed by atoms with Crippen LogP contribution in [0, 0.1) is 6.92 Å². The van der Waals surface area contributed by atoms with Crippen molar-refractivity contribution in [2.75, 3.05) is 0 Å². The van der Waals surface area contributed by atoms with Gasteiger partial charge in [-0.15, -0.1) is 0 Å². The molecule has 0 fully saturated rings. The van der Waals surface area contributed by atoms with E-state index in [1.54, 1.807) is 6.92 Å². The molecule has 2 aromatic rings. The molecule has 18 heavy (non-hydrogen) atoms. The molecule has 0 bridgehead atoms. The standard InChI is InChI=1S/C15H18N2O/c1-10(2)17-9-15(11(3)16-17)14-7-5-6-13(8-14)12(4)18/h5-10H,1-4H3. The van der Waals surface area contributed by atoms with Crippen LogP contribution in [0.15, 0.2) is 30.5 Å². The van der Waals surface area contributed by atoms with Crippen LogP contribution in [0.4, 0.5) is 0 Å². The summed E-state index contributed by atoms with van der Waals surface area (Å²) in [5, 5.41) is 4.49. The van der Waals surface area contributed by atoms with Gasteiger partial charge in [-0.25, -0.2) is 0 Å². The maximum Gasteiger partial charge on any atom is 0.159 e. The zero-order valence-electron chi connectivity index (χ0n) is 11.3. The monoisotopic (exact) mass is 242 g/mol. The van der Waals surface area contributed by atoms with E-state index in [-0.39, 0.29) is 5.78 Å². The van der Waals surface area contributed by atoms with Crippen LogP contribution in [0.1, 0.15) is 42.9 Å². The van der Waals surface area contributed by atoms with Gasteiger partial charge in [0.1, 0.15) is 0 Å². The molecule has 0 spiro atoms. The Morgan fingerprint density at radius 1 is 1.33 bits per heavy atom. The first kappa shape index (κ1) is 12.6. The third kappa shape index (κ3) is 2.35. The molecule has 0 atom stereocenters. The van der Waals surface area contributed by atoms with Crippen molar-refractivity contribution in [2.45, 2.75) is 33.7 Å². The van der Waals surface area contributed by atoms with Crippen LogP contribution in [0.3, 0.4) is 0 Å². The number of Topliss-reactive ketones (excluding diaryl/α,β-unsaturated/α-hetero) is 1. The van der Waals surface area contributed by atoms with Gasteiger partial charge in [-0.2, -0.15) is 5.10 Å². The molecule has 3 heteroatoms. The average molecular weight is 242 g/mol. The van der Waals surface area contributed by atoms with E-state index in [1.807, 2.05) is 42.1 Å². The van der Waals surface area contributed by atoms with Gasteiger partial charge in [0.2, 0.25) is 0 Å². The first-order chi connectivity index (χ1) is 8.49. The number of carbonyl (C=O) groups excluding carboxylic acids is 1. The van der Waals surface area contributed by atoms with Gasteiger partial charge >= 0.3 is 0 Å². The van der Waals surface area contributed by atoms with Crippen molar-refractivity contribution in [3.63, 3.8) is 0 Å². The summed E-state index contributed by atoms with van der Waals surface area (Å²) in [6.45, 7) is 7.78. The summed E-state index contributed by atoms with van der Waals surface area (Å²) in [7, 11) is 0. The molecular formula is C15H18N2O. The molecule has 0 aliphatic heterocycles. The number of aryl methyl sites for hydroxylation is 1. The third-order valence-electron chi connectivity index (χ3n) is 3.03. The molecule has 0 saturated heterocycles. The molecule has 3 nitrogen and oxygen atoms in total. The normalized spacial score (nSPS) is 10.9. The molecule has 94 valence electrons. The van der Waals surface area contributed by atoms with Crippen LogP contribution in [0.5, 0.6) is 0 Å². The van der Waals surface area contributed by atoms with E-state index in [0.29, 0.717) is 6.04 Å². The molecule has 0 saturated carbocycles. The fourth-order valence-corrected chi connectivity index (χ4v) is 1.94. The summed E-state index contributed by atoms with van der Waals surface area (Å²) in [4.78, 5) is 11.4. The van der Waals surface area contributed by atoms with Crippen molar-refractivity contribution in [3.8, 4) is 11.1 Å². The minimum Gasteiger partial charge on any atom is -0.295 e. The van der Waals surface area contributed by atoms with E-state index in [0.717, 1.165) is 22.4 Å². The van der Waals surface area contributed by atoms with E-state index < -0.39 is 0 Å². The van der Waals surface area contributed by atoms with Crippen LogP contribution in [-0.2, 0) is 0 Å². The fourth-order valence-electron chi connectivity index (χ4n) is 1.94. The number of hydrogen-bond donors (Lipinski definition) is 0. The Balaban J connectivity index is 2.48. The van der Waals surface area contributed by atoms with Crippen LogP contribution >= 0.6 is 0 Å². The smallest absolute Gasteiger partial charge is 0.159 e. The second-order valence-electron chi connectivity index (χ2n) is 4.84. The van der Waals surface area contributed by atoms with Gasteiger partial charge in [-0.05, 0) is 39.3 Å². The summed E-state index contributed by atoms with van der Waals surface area (Å²) in [6.07, 6.45) is 2.04. The van der Waals surface area contributed by atoms with Gasteiger partial charge in [-0.3, -0.25) is 9.48 Å². The lowest BCUT2D eigenvalue weighted by atomic mass is 10.0. The molecule has 1 heterocycles. The van der Waals surface area contributed by atoms with E-state index in [4.69, 9.17) is 0 Å². The molecule has 1 aromatic heterocycles. The lowest BCUT2D eigenvalue weighted by Gasteiger charge is -2.03. The highest BCUT2D eigenvalue weighted by Gasteiger charge is 2.10. The summed E-state index contributed by atoms with van der Waals surface area (Å²) in [5.41, 5.74) is 3.87. The van der Waals surface area contributed by atoms with Crippen molar-refractivity contribution < 1.29 is 4.79 Å². The van der Waals surface area contributed by atoms with Crippen LogP contribution < -0.4 is 0 Å². The van der Waals surface area contributed by atoms with Gasteiger partial charge in [0.05, 0.1) is 5.69 Å². The summed E-state index contributed by atoms with van der Waals surface area (Å²) in [5.74, 6) is 0.0887. The van der Waals surface area contributed by atoms with Crippen molar-refractivity contribution in [2.24, 2.45) is 0 Å². The largest absolute Gasteiger partial charge is 0.295 e. The van der Waals surface area contributed by atoms with E-state index in [1.165, 1.54) is 0 Å². The topological polar surface area (TPSA) is 34.9 Å². The number of benzene rings is 1. The quantitative estimate of drug-likeness (QED) is 0.770. The van der Waals surface area contributed by atoms with Gasteiger partial charge in [0.25, 0.3) is 0 Å². The molecule has 1 aromatic carbocycles. The third-order valence-corrected chi connectivity index (χ3v) is 3.03. The predicted molar refractivity (Wildman–Crippen MR) is 72.8 cm³/mol. The molecule has 0 N–H and O–H groups in total. The number of aromatic nitrogens is 2. The maximum absolute atomic E-state index is 11.4. The Labute approximate surface area is 107 Å². The van der Waals surface area contributed by atoms with Crippen LogP contribution in [-0.4, -0.2) is 15.6 Å². The Kier molecular flexibility index (Phi) is 3.32. The van der Waals surface area contributed by atoms with Gasteiger partial charge in [0, 0.05) is 23.4 Å². The zero-order valence-corrected chi connectivity index (χ0v) is 11.3. The second kappa shape index (κ2) is 4.77. The van der Waals surface area contributed by atoms with E-state index >= 15 is 0 Å². The molecule has 0 aliphatic carbocycles. The average Bonchev–Trinajstić information content (AvgIpc) is 2.72. The highest BCUT2D eigenvalue weighted by molar-refractivity contribution is 5.95. The van der Waals surface area contributed by atoms with Gasteiger partial charge in [-0.1, -0.05) is 18.2 Å². The number of hydrogen-bond acceptors (Lipinski definition) is 2. The molecule has 0 unspecified atom stereocenters. The Morgan fingerprint density at radius 3 is 2.61 bits per heavy atom. The minimum atomic E-state index is 0.0887. The predicted octanol–water partition coefficient (Wildman–Crippen LogP) is 3.64. The Hall–Kier alpha value is -1.90. The number of carbonyl (C=O) groups is 1. The highest BCUT2D eigenvalue weighted by atomic mass is 16.1. The van der Waals surface area contributed by atoms with E-state index in [9.17, 15) is 4.79 Å². The number of rotatable bonds is 3. The minimum absolute atomic E-state index is 0.0887. The Morgan fingerprint density at radius 2 is 2.06 bits per heavy atom. The Bertz CT molecular complexity index is 582. The van der Waals surface area contributed by atoms with Crippen molar-refractivity contribution in [3.05, 3.63) is 41.7 Å². The summed E-state index contributed by atoms with van der Waals surface area (Å²) >= 11 is 0. The summed E-state index contributed by atoms with van der Waals surface area (Å²) < 4.78 is 1.95. The maximum atomic E-state index is 11.4. The first-order valence-electron chi connectivity index (χ1n) is 6.16. The number of nitrogens with zero attached hydrogens (tertiary/aromatic N) is 2. The molecule has 0 aliphatic rings. The fraction of sp³-hybridized carbons (Fsp3) is 0.333. The molecular weight excluding hydrogens is 224 g/mol. The van der Waals surface area contributed by atoms with Gasteiger partial charge < -0.3 is 0 Å². The SMILES string of the molecule is CC(=O)c1cccc(-c2cn(C(C)C)nc2C)c1. The lowest BCUT2D eigenvalue weighted by Crippen LogP contribution is -2.00. The molecule has 0 radical (unpaired) electrons. The summed E-state index contributed by atoms with van der Waals surface area (Å²) in [6, 6.07) is 8.04. The first-order valence-corrected chi connectivity index (χ1v) is 6.16. The highest BCUT2D eigenvalue weighted by Crippen LogP contribution is 2.24. The molecule has 0 amide bonds. The van der Waals surface area contributed by atoms with Crippen molar-refractivity contribution in [1.29, 1.82) is 0 Å². The van der Waals surface area contributed by atoms with Crippen molar-refractivity contribution in [1.82, 2.24) is 9.78 Å². The van der Waals surface area contributed by atoms with Crippen molar-refractivity contribution >= 4 is 5.78 Å². The lowest BCUT2D eigenvalue weighted by molar-refractivity contribution is 0.101. The van der Waals surface area contributed by atoms with E-state index in [2.05, 4.69) is 18.9 Å². The van der Waals surface area contributed by atoms with Gasteiger partial charge in [0.15, 0.2) is 5.78 Å². The van der Waals surface area contributed by atoms with Crippen LogP contribution in [0.25, 0.3) is 11.1 Å². The van der Waals surface area contributed by atoms with Crippen LogP contribution in [0.2, 0.25) is 0 Å². The zero-order chi connectivity index (χ0) is 13.3.